The minimum atomic E-state index is 0.00271. The van der Waals surface area contributed by atoms with Gasteiger partial charge in [0.15, 0.2) is 5.69 Å². The zero-order valence-electron chi connectivity index (χ0n) is 12.9. The lowest BCUT2D eigenvalue weighted by molar-refractivity contribution is -0.0894. The van der Waals surface area contributed by atoms with Crippen LogP contribution in [0.2, 0.25) is 0 Å². The van der Waals surface area contributed by atoms with Crippen LogP contribution in [0.4, 0.5) is 0 Å². The average molecular weight is 306 g/mol. The number of nitrogens with zero attached hydrogens (tertiary/aromatic N) is 4. The van der Waals surface area contributed by atoms with E-state index in [1.165, 1.54) is 0 Å². The maximum Gasteiger partial charge on any atom is 0.274 e. The van der Waals surface area contributed by atoms with Gasteiger partial charge in [-0.1, -0.05) is 0 Å². The van der Waals surface area contributed by atoms with Crippen molar-refractivity contribution in [3.63, 3.8) is 0 Å². The van der Waals surface area contributed by atoms with Crippen molar-refractivity contribution in [1.29, 1.82) is 0 Å². The van der Waals surface area contributed by atoms with E-state index in [1.807, 2.05) is 4.90 Å². The molecule has 0 aromatic carbocycles. The van der Waals surface area contributed by atoms with Gasteiger partial charge in [-0.2, -0.15) is 5.10 Å². The smallest absolute Gasteiger partial charge is 0.274 e. The van der Waals surface area contributed by atoms with Crippen molar-refractivity contribution < 1.29 is 14.3 Å². The molecule has 2 unspecified atom stereocenters. The van der Waals surface area contributed by atoms with Crippen LogP contribution in [0, 0.1) is 0 Å². The molecule has 7 heteroatoms. The summed E-state index contributed by atoms with van der Waals surface area (Å²) in [7, 11) is 2.11. The van der Waals surface area contributed by atoms with Crippen LogP contribution in [-0.2, 0) is 11.3 Å². The number of hydrogen-bond donors (Lipinski definition) is 0. The van der Waals surface area contributed by atoms with Gasteiger partial charge in [0.05, 0.1) is 25.4 Å². The molecule has 0 bridgehead atoms. The van der Waals surface area contributed by atoms with E-state index in [2.05, 4.69) is 17.0 Å². The molecule has 4 rings (SSSR count). The van der Waals surface area contributed by atoms with E-state index in [0.29, 0.717) is 30.8 Å². The number of likely N-dealkylation sites (N-methyl/N-ethyl adjacent to an activating group) is 1. The quantitative estimate of drug-likeness (QED) is 0.742. The lowest BCUT2D eigenvalue weighted by Crippen LogP contribution is -2.59. The van der Waals surface area contributed by atoms with Crippen molar-refractivity contribution in [2.75, 3.05) is 39.9 Å². The molecule has 1 aromatic rings. The number of aryl methyl sites for hydroxylation is 1. The van der Waals surface area contributed by atoms with E-state index in [9.17, 15) is 4.79 Å². The number of carbonyl (C=O) groups is 1. The molecule has 2 saturated heterocycles. The Morgan fingerprint density at radius 1 is 1.32 bits per heavy atom. The van der Waals surface area contributed by atoms with Gasteiger partial charge in [0.2, 0.25) is 5.88 Å². The third kappa shape index (κ3) is 2.38. The van der Waals surface area contributed by atoms with Gasteiger partial charge >= 0.3 is 0 Å². The summed E-state index contributed by atoms with van der Waals surface area (Å²) in [6, 6.07) is 2.06. The van der Waals surface area contributed by atoms with Gasteiger partial charge in [0, 0.05) is 38.7 Å². The number of likely N-dealkylation sites (tertiary alicyclic amines) is 1. The fourth-order valence-electron chi connectivity index (χ4n) is 3.56. The van der Waals surface area contributed by atoms with Crippen molar-refractivity contribution >= 4 is 5.91 Å². The molecule has 0 N–H and O–H groups in total. The van der Waals surface area contributed by atoms with Crippen molar-refractivity contribution in [3.05, 3.63) is 11.8 Å². The summed E-state index contributed by atoms with van der Waals surface area (Å²) in [5.74, 6) is 0.713. The first-order valence-electron chi connectivity index (χ1n) is 8.04. The molecule has 0 aliphatic carbocycles. The highest BCUT2D eigenvalue weighted by Gasteiger charge is 2.37. The largest absolute Gasteiger partial charge is 0.478 e. The molecule has 0 radical (unpaired) electrons. The summed E-state index contributed by atoms with van der Waals surface area (Å²) in [6.07, 6.45) is 2.09. The topological polar surface area (TPSA) is 59.8 Å². The molecule has 1 amide bonds. The molecule has 2 fully saturated rings. The Labute approximate surface area is 129 Å². The number of aromatic nitrogens is 2. The predicted octanol–water partition coefficient (Wildman–Crippen LogP) is 0.211. The molecule has 7 nitrogen and oxygen atoms in total. The van der Waals surface area contributed by atoms with Crippen molar-refractivity contribution in [1.82, 2.24) is 19.6 Å². The molecule has 3 aliphatic heterocycles. The Morgan fingerprint density at radius 2 is 2.23 bits per heavy atom. The monoisotopic (exact) mass is 306 g/mol. The Balaban J connectivity index is 1.49. The minimum absolute atomic E-state index is 0.00271. The molecule has 2 atom stereocenters. The number of morpholine rings is 1. The highest BCUT2D eigenvalue weighted by molar-refractivity contribution is 5.92. The highest BCUT2D eigenvalue weighted by atomic mass is 16.5. The Morgan fingerprint density at radius 3 is 3.09 bits per heavy atom. The van der Waals surface area contributed by atoms with Gasteiger partial charge in [-0.05, 0) is 13.5 Å². The van der Waals surface area contributed by atoms with Gasteiger partial charge < -0.3 is 14.4 Å². The first kappa shape index (κ1) is 14.0. The first-order chi connectivity index (χ1) is 10.7. The van der Waals surface area contributed by atoms with Crippen LogP contribution in [0.5, 0.6) is 5.88 Å². The summed E-state index contributed by atoms with van der Waals surface area (Å²) in [5, 5.41) is 4.40. The van der Waals surface area contributed by atoms with Crippen molar-refractivity contribution in [2.45, 2.75) is 31.5 Å². The van der Waals surface area contributed by atoms with E-state index in [0.717, 1.165) is 39.1 Å². The van der Waals surface area contributed by atoms with Gasteiger partial charge in [-0.25, -0.2) is 4.68 Å². The van der Waals surface area contributed by atoms with Crippen molar-refractivity contribution in [2.24, 2.45) is 0 Å². The Hall–Kier alpha value is -1.60. The van der Waals surface area contributed by atoms with E-state index in [1.54, 1.807) is 10.7 Å². The van der Waals surface area contributed by atoms with Crippen LogP contribution in [0.1, 0.15) is 23.3 Å². The Kier molecular flexibility index (Phi) is 3.54. The van der Waals surface area contributed by atoms with Crippen LogP contribution < -0.4 is 4.74 Å². The highest BCUT2D eigenvalue weighted by Crippen LogP contribution is 2.24. The number of hydrogen-bond acceptors (Lipinski definition) is 5. The second-order valence-corrected chi connectivity index (χ2v) is 6.29. The lowest BCUT2D eigenvalue weighted by Gasteiger charge is -2.45. The Bertz CT molecular complexity index is 550. The minimum Gasteiger partial charge on any atom is -0.478 e. The first-order valence-corrected chi connectivity index (χ1v) is 8.04. The normalized spacial score (nSPS) is 28.7. The predicted molar refractivity (Wildman–Crippen MR) is 79.0 cm³/mol. The molecule has 22 heavy (non-hydrogen) atoms. The van der Waals surface area contributed by atoms with Crippen LogP contribution >= 0.6 is 0 Å². The van der Waals surface area contributed by atoms with E-state index < -0.39 is 0 Å². The maximum absolute atomic E-state index is 12.7. The molecule has 0 spiro atoms. The zero-order valence-corrected chi connectivity index (χ0v) is 12.9. The number of fused-ring (bicyclic) bond motifs is 2. The second-order valence-electron chi connectivity index (χ2n) is 6.29. The molecular weight excluding hydrogens is 284 g/mol. The number of carbonyl (C=O) groups excluding carboxylic acids is 1. The van der Waals surface area contributed by atoms with E-state index >= 15 is 0 Å². The van der Waals surface area contributed by atoms with Crippen molar-refractivity contribution in [3.8, 4) is 5.88 Å². The average Bonchev–Trinajstić information content (AvgIpc) is 2.98. The summed E-state index contributed by atoms with van der Waals surface area (Å²) in [6.45, 7) is 4.69. The summed E-state index contributed by atoms with van der Waals surface area (Å²) < 4.78 is 13.2. The molecule has 3 aliphatic rings. The summed E-state index contributed by atoms with van der Waals surface area (Å²) in [5.41, 5.74) is 0.495. The fourth-order valence-corrected chi connectivity index (χ4v) is 3.56. The second kappa shape index (κ2) is 5.55. The lowest BCUT2D eigenvalue weighted by atomic mass is 9.99. The summed E-state index contributed by atoms with van der Waals surface area (Å²) >= 11 is 0. The molecule has 4 heterocycles. The number of ether oxygens (including phenoxy) is 2. The summed E-state index contributed by atoms with van der Waals surface area (Å²) in [4.78, 5) is 16.9. The third-order valence-electron chi connectivity index (χ3n) is 4.88. The van der Waals surface area contributed by atoms with Crippen LogP contribution in [0.25, 0.3) is 0 Å². The van der Waals surface area contributed by atoms with Gasteiger partial charge in [-0.15, -0.1) is 0 Å². The van der Waals surface area contributed by atoms with Crippen LogP contribution in [-0.4, -0.2) is 77.5 Å². The standard InChI is InChI=1S/C15H22N4O3/c1-17-6-8-21-13-3-5-18(10-12(13)17)15(20)11-9-14-19(16-11)4-2-7-22-14/h9,12-13H,2-8,10H2,1H3. The molecular formula is C15H22N4O3. The SMILES string of the molecule is CN1CCOC2CCN(C(=O)c3cc4n(n3)CCCO4)CC21. The number of piperidine rings is 1. The van der Waals surface area contributed by atoms with Gasteiger partial charge in [0.25, 0.3) is 5.91 Å². The van der Waals surface area contributed by atoms with Crippen LogP contribution in [0.3, 0.4) is 0 Å². The molecule has 120 valence electrons. The fraction of sp³-hybridized carbons (Fsp3) is 0.733. The van der Waals surface area contributed by atoms with Gasteiger partial charge in [-0.3, -0.25) is 9.69 Å². The zero-order chi connectivity index (χ0) is 15.1. The van der Waals surface area contributed by atoms with Crippen LogP contribution in [0.15, 0.2) is 6.07 Å². The molecule has 1 aromatic heterocycles. The van der Waals surface area contributed by atoms with Gasteiger partial charge in [0.1, 0.15) is 0 Å². The maximum atomic E-state index is 12.7. The number of amides is 1. The van der Waals surface area contributed by atoms with E-state index in [4.69, 9.17) is 9.47 Å². The molecule has 0 saturated carbocycles. The third-order valence-corrected chi connectivity index (χ3v) is 4.88. The van der Waals surface area contributed by atoms with E-state index in [-0.39, 0.29) is 12.0 Å². The number of rotatable bonds is 1.